The molecule has 0 aromatic heterocycles. The number of ether oxygens (including phenoxy) is 1. The number of esters is 1. The lowest BCUT2D eigenvalue weighted by Crippen LogP contribution is -2.68. The van der Waals surface area contributed by atoms with Gasteiger partial charge < -0.3 is 15.1 Å². The second-order valence-corrected chi connectivity index (χ2v) is 3.02. The minimum Gasteiger partial charge on any atom is -0.463 e. The summed E-state index contributed by atoms with van der Waals surface area (Å²) in [6.07, 6.45) is 0. The molecule has 2 atom stereocenters. The van der Waals surface area contributed by atoms with Crippen molar-refractivity contribution >= 4 is 17.7 Å². The molecule has 92 valence electrons. The molecule has 0 bridgehead atoms. The minimum absolute atomic E-state index is 0.550. The number of carbonyl (C=O) groups is 2. The van der Waals surface area contributed by atoms with Gasteiger partial charge in [0, 0.05) is 4.91 Å². The zero-order chi connectivity index (χ0) is 13.0. The van der Waals surface area contributed by atoms with Crippen LogP contribution in [0.25, 0.3) is 10.4 Å². The Labute approximate surface area is 94.7 Å². The van der Waals surface area contributed by atoms with Crippen LogP contribution in [0.3, 0.4) is 0 Å². The third kappa shape index (κ3) is 1.98. The Balaban J connectivity index is 2.96. The highest BCUT2D eigenvalue weighted by molar-refractivity contribution is 6.39. The molecule has 0 radical (unpaired) electrons. The number of aliphatic hydroxyl groups is 1. The molecular weight excluding hydrogens is 234 g/mol. The molecule has 1 rings (SSSR count). The number of β-lactam (4-membered cyclic amide) rings is 1. The first-order valence-corrected chi connectivity index (χ1v) is 4.40. The van der Waals surface area contributed by atoms with Crippen molar-refractivity contribution in [2.45, 2.75) is 12.1 Å². The number of likely N-dealkylation sites (tertiary alicyclic amines) is 1. The average Bonchev–Trinajstić information content (AvgIpc) is 2.36. The van der Waals surface area contributed by atoms with Crippen molar-refractivity contribution in [3.05, 3.63) is 10.4 Å². The molecule has 0 aliphatic carbocycles. The smallest absolute Gasteiger partial charge is 0.377 e. The third-order valence-corrected chi connectivity index (χ3v) is 2.24. The van der Waals surface area contributed by atoms with Crippen LogP contribution in [0.2, 0.25) is 0 Å². The summed E-state index contributed by atoms with van der Waals surface area (Å²) >= 11 is 0. The van der Waals surface area contributed by atoms with E-state index >= 15 is 0 Å². The van der Waals surface area contributed by atoms with E-state index < -0.39 is 36.4 Å². The Hall–Kier alpha value is -2.32. The van der Waals surface area contributed by atoms with Gasteiger partial charge >= 0.3 is 5.97 Å². The average molecular weight is 243 g/mol. The van der Waals surface area contributed by atoms with Crippen molar-refractivity contribution in [3.8, 4) is 0 Å². The normalized spacial score (nSPS) is 23.8. The number of aliphatic hydroxyl groups excluding tert-OH is 1. The summed E-state index contributed by atoms with van der Waals surface area (Å²) in [5.41, 5.74) is 8.20. The number of hydrogen-bond donors (Lipinski definition) is 2. The highest BCUT2D eigenvalue weighted by Gasteiger charge is 2.51. The summed E-state index contributed by atoms with van der Waals surface area (Å²) < 4.78 is 4.29. The standard InChI is InChI=1S/C7H9N5O5/c1-17-7(15)5(10-16)12-3(2-13)4(6(12)14)9-11-8/h3-4,13,16H,2H2,1H3/b10-5-/t3-,4+/m1/s1. The van der Waals surface area contributed by atoms with E-state index in [1.165, 1.54) is 0 Å². The fourth-order valence-corrected chi connectivity index (χ4v) is 1.43. The summed E-state index contributed by atoms with van der Waals surface area (Å²) in [4.78, 5) is 25.8. The molecule has 10 heteroatoms. The molecule has 0 aromatic rings. The number of methoxy groups -OCH3 is 1. The Morgan fingerprint density at radius 2 is 2.35 bits per heavy atom. The van der Waals surface area contributed by atoms with Gasteiger partial charge in [-0.1, -0.05) is 10.3 Å². The summed E-state index contributed by atoms with van der Waals surface area (Å²) in [5, 5.41) is 23.4. The molecule has 2 N–H and O–H groups in total. The van der Waals surface area contributed by atoms with E-state index in [4.69, 9.17) is 15.8 Å². The Kier molecular flexibility index (Phi) is 3.86. The predicted octanol–water partition coefficient (Wildman–Crippen LogP) is -1.17. The van der Waals surface area contributed by atoms with E-state index in [-0.39, 0.29) is 0 Å². The Bertz CT molecular complexity index is 415. The van der Waals surface area contributed by atoms with Crippen molar-refractivity contribution in [3.63, 3.8) is 0 Å². The second kappa shape index (κ2) is 5.14. The molecule has 1 aliphatic heterocycles. The molecule has 0 unspecified atom stereocenters. The fraction of sp³-hybridized carbons (Fsp3) is 0.571. The van der Waals surface area contributed by atoms with Gasteiger partial charge in [-0.05, 0) is 5.53 Å². The van der Waals surface area contributed by atoms with Crippen LogP contribution in [0.4, 0.5) is 0 Å². The first-order valence-electron chi connectivity index (χ1n) is 4.40. The maximum Gasteiger partial charge on any atom is 0.377 e. The van der Waals surface area contributed by atoms with Gasteiger partial charge in [0.25, 0.3) is 5.84 Å². The molecule has 1 amide bonds. The molecule has 17 heavy (non-hydrogen) atoms. The number of azide groups is 1. The molecule has 0 saturated carbocycles. The van der Waals surface area contributed by atoms with Gasteiger partial charge in [0.05, 0.1) is 19.8 Å². The molecule has 10 nitrogen and oxygen atoms in total. The molecule has 0 spiro atoms. The van der Waals surface area contributed by atoms with Crippen LogP contribution in [-0.2, 0) is 14.3 Å². The molecular formula is C7H9N5O5. The number of nitrogens with zero attached hydrogens (tertiary/aromatic N) is 5. The zero-order valence-corrected chi connectivity index (χ0v) is 8.72. The first kappa shape index (κ1) is 12.7. The van der Waals surface area contributed by atoms with Crippen molar-refractivity contribution in [1.82, 2.24) is 4.90 Å². The van der Waals surface area contributed by atoms with Crippen molar-refractivity contribution in [1.29, 1.82) is 0 Å². The number of amides is 1. The van der Waals surface area contributed by atoms with Gasteiger partial charge in [-0.3, -0.25) is 9.69 Å². The number of rotatable bonds is 2. The van der Waals surface area contributed by atoms with E-state index in [1.807, 2.05) is 0 Å². The molecule has 1 fully saturated rings. The Morgan fingerprint density at radius 3 is 2.76 bits per heavy atom. The summed E-state index contributed by atoms with van der Waals surface area (Å²) in [5.74, 6) is -2.46. The molecule has 1 heterocycles. The van der Waals surface area contributed by atoms with Gasteiger partial charge in [-0.15, -0.1) is 0 Å². The SMILES string of the molecule is COC(=O)/C(=N/O)N1C(=O)[C@@H](N=[N+]=[N-])[C@H]1CO. The highest BCUT2D eigenvalue weighted by atomic mass is 16.5. The lowest BCUT2D eigenvalue weighted by molar-refractivity contribution is -0.147. The topological polar surface area (TPSA) is 148 Å². The van der Waals surface area contributed by atoms with Crippen LogP contribution in [0.5, 0.6) is 0 Å². The lowest BCUT2D eigenvalue weighted by atomic mass is 9.96. The number of carbonyl (C=O) groups excluding carboxylic acids is 2. The minimum atomic E-state index is -1.12. The second-order valence-electron chi connectivity index (χ2n) is 3.02. The predicted molar refractivity (Wildman–Crippen MR) is 51.9 cm³/mol. The van der Waals surface area contributed by atoms with Crippen LogP contribution in [0.15, 0.2) is 10.3 Å². The van der Waals surface area contributed by atoms with E-state index in [9.17, 15) is 9.59 Å². The number of oxime groups is 1. The summed E-state index contributed by atoms with van der Waals surface area (Å²) in [6, 6.07) is -2.06. The first-order chi connectivity index (χ1) is 8.12. The molecule has 0 aromatic carbocycles. The lowest BCUT2D eigenvalue weighted by Gasteiger charge is -2.42. The van der Waals surface area contributed by atoms with Gasteiger partial charge in [0.15, 0.2) is 0 Å². The Morgan fingerprint density at radius 1 is 1.71 bits per heavy atom. The van der Waals surface area contributed by atoms with Gasteiger partial charge in [-0.25, -0.2) is 4.79 Å². The van der Waals surface area contributed by atoms with Gasteiger partial charge in [0.1, 0.15) is 6.04 Å². The van der Waals surface area contributed by atoms with Crippen molar-refractivity contribution in [2.24, 2.45) is 10.3 Å². The van der Waals surface area contributed by atoms with Gasteiger partial charge in [-0.2, -0.15) is 0 Å². The zero-order valence-electron chi connectivity index (χ0n) is 8.72. The van der Waals surface area contributed by atoms with Crippen molar-refractivity contribution in [2.75, 3.05) is 13.7 Å². The van der Waals surface area contributed by atoms with Crippen LogP contribution < -0.4 is 0 Å². The maximum atomic E-state index is 11.5. The van der Waals surface area contributed by atoms with Crippen LogP contribution in [0.1, 0.15) is 0 Å². The highest BCUT2D eigenvalue weighted by Crippen LogP contribution is 2.24. The van der Waals surface area contributed by atoms with Gasteiger partial charge in [0.2, 0.25) is 5.91 Å². The number of amidine groups is 1. The summed E-state index contributed by atoms with van der Waals surface area (Å²) in [6.45, 7) is -0.550. The van der Waals surface area contributed by atoms with Crippen molar-refractivity contribution < 1.29 is 24.6 Å². The number of hydrogen-bond acceptors (Lipinski definition) is 7. The molecule has 1 saturated heterocycles. The quantitative estimate of drug-likeness (QED) is 0.0721. The van der Waals surface area contributed by atoms with Crippen LogP contribution in [-0.4, -0.2) is 58.7 Å². The third-order valence-electron chi connectivity index (χ3n) is 2.24. The monoisotopic (exact) mass is 243 g/mol. The molecule has 1 aliphatic rings. The van der Waals surface area contributed by atoms with E-state index in [0.717, 1.165) is 7.11 Å². The van der Waals surface area contributed by atoms with E-state index in [0.29, 0.717) is 4.90 Å². The van der Waals surface area contributed by atoms with E-state index in [2.05, 4.69) is 19.9 Å². The van der Waals surface area contributed by atoms with Crippen LogP contribution >= 0.6 is 0 Å². The summed E-state index contributed by atoms with van der Waals surface area (Å²) in [7, 11) is 1.04. The maximum absolute atomic E-state index is 11.5. The van der Waals surface area contributed by atoms with Crippen LogP contribution in [0, 0.1) is 0 Å². The fourth-order valence-electron chi connectivity index (χ4n) is 1.43. The largest absolute Gasteiger partial charge is 0.463 e. The van der Waals surface area contributed by atoms with E-state index in [1.54, 1.807) is 0 Å².